The van der Waals surface area contributed by atoms with Gasteiger partial charge in [-0.15, -0.1) is 0 Å². The molecule has 1 aromatic carbocycles. The Hall–Kier alpha value is -2.01. The molecule has 1 fully saturated rings. The highest BCUT2D eigenvalue weighted by Gasteiger charge is 2.28. The summed E-state index contributed by atoms with van der Waals surface area (Å²) < 4.78 is 7.42. The summed E-state index contributed by atoms with van der Waals surface area (Å²) in [4.78, 5) is 14.0. The summed E-state index contributed by atoms with van der Waals surface area (Å²) in [6.45, 7) is 9.14. The second-order valence-electron chi connectivity index (χ2n) is 7.84. The van der Waals surface area contributed by atoms with Gasteiger partial charge in [-0.1, -0.05) is 11.6 Å². The number of aryl methyl sites for hydroxylation is 1. The SMILES string of the molecule is Cc1cc(C2CCN(C(=O)OC(C)(C)C)CC2)nn1-c1ccc(Cl)cc1. The van der Waals surface area contributed by atoms with E-state index in [-0.39, 0.29) is 6.09 Å². The number of aromatic nitrogens is 2. The summed E-state index contributed by atoms with van der Waals surface area (Å²) in [5.74, 6) is 0.362. The van der Waals surface area contributed by atoms with Gasteiger partial charge in [-0.3, -0.25) is 0 Å². The number of hydrogen-bond acceptors (Lipinski definition) is 3. The molecule has 0 N–H and O–H groups in total. The summed E-state index contributed by atoms with van der Waals surface area (Å²) in [7, 11) is 0. The summed E-state index contributed by atoms with van der Waals surface area (Å²) in [5, 5.41) is 5.52. The number of carbonyl (C=O) groups is 1. The number of hydrogen-bond donors (Lipinski definition) is 0. The Kier molecular flexibility index (Phi) is 5.28. The first-order valence-corrected chi connectivity index (χ1v) is 9.41. The van der Waals surface area contributed by atoms with Gasteiger partial charge >= 0.3 is 6.09 Å². The Labute approximate surface area is 159 Å². The van der Waals surface area contributed by atoms with Crippen molar-refractivity contribution in [3.8, 4) is 5.69 Å². The van der Waals surface area contributed by atoms with E-state index in [0.717, 1.165) is 29.9 Å². The standard InChI is InChI=1S/C20H26ClN3O2/c1-14-13-18(22-24(14)17-7-5-16(21)6-8-17)15-9-11-23(12-10-15)19(25)26-20(2,3)4/h5-8,13,15H,9-12H2,1-4H3. The lowest BCUT2D eigenvalue weighted by molar-refractivity contribution is 0.0204. The van der Waals surface area contributed by atoms with E-state index in [1.54, 1.807) is 4.90 Å². The minimum atomic E-state index is -0.456. The molecule has 0 unspecified atom stereocenters. The van der Waals surface area contributed by atoms with Crippen molar-refractivity contribution in [3.63, 3.8) is 0 Å². The smallest absolute Gasteiger partial charge is 0.410 e. The van der Waals surface area contributed by atoms with Gasteiger partial charge in [0.25, 0.3) is 0 Å². The number of halogens is 1. The van der Waals surface area contributed by atoms with Gasteiger partial charge in [-0.2, -0.15) is 5.10 Å². The minimum Gasteiger partial charge on any atom is -0.444 e. The average Bonchev–Trinajstić information content (AvgIpc) is 2.96. The highest BCUT2D eigenvalue weighted by molar-refractivity contribution is 6.30. The third-order valence-corrected chi connectivity index (χ3v) is 4.79. The van der Waals surface area contributed by atoms with Gasteiger partial charge in [0, 0.05) is 29.7 Å². The van der Waals surface area contributed by atoms with E-state index >= 15 is 0 Å². The van der Waals surface area contributed by atoms with E-state index in [2.05, 4.69) is 13.0 Å². The molecular formula is C20H26ClN3O2. The van der Waals surface area contributed by atoms with E-state index in [9.17, 15) is 4.79 Å². The molecule has 0 bridgehead atoms. The van der Waals surface area contributed by atoms with Crippen LogP contribution in [0.1, 0.15) is 50.9 Å². The van der Waals surface area contributed by atoms with E-state index in [1.807, 2.05) is 49.7 Å². The third-order valence-electron chi connectivity index (χ3n) is 4.54. The number of likely N-dealkylation sites (tertiary alicyclic amines) is 1. The zero-order valence-corrected chi connectivity index (χ0v) is 16.6. The molecule has 0 saturated carbocycles. The van der Waals surface area contributed by atoms with Crippen LogP contribution in [0.3, 0.4) is 0 Å². The molecule has 1 amide bonds. The van der Waals surface area contributed by atoms with Gasteiger partial charge in [0.15, 0.2) is 0 Å². The molecule has 2 aromatic rings. The van der Waals surface area contributed by atoms with Crippen molar-refractivity contribution in [2.75, 3.05) is 13.1 Å². The number of carbonyl (C=O) groups excluding carboxylic acids is 1. The van der Waals surface area contributed by atoms with Crippen LogP contribution in [0.25, 0.3) is 5.69 Å². The van der Waals surface area contributed by atoms with Crippen molar-refractivity contribution < 1.29 is 9.53 Å². The van der Waals surface area contributed by atoms with Crippen molar-refractivity contribution in [1.82, 2.24) is 14.7 Å². The maximum Gasteiger partial charge on any atom is 0.410 e. The van der Waals surface area contributed by atoms with Crippen LogP contribution in [0.2, 0.25) is 5.02 Å². The van der Waals surface area contributed by atoms with Crippen LogP contribution in [0.4, 0.5) is 4.79 Å². The molecule has 1 aliphatic rings. The van der Waals surface area contributed by atoms with Crippen LogP contribution in [-0.2, 0) is 4.74 Å². The number of nitrogens with zero attached hydrogens (tertiary/aromatic N) is 3. The summed E-state index contributed by atoms with van der Waals surface area (Å²) in [5.41, 5.74) is 2.73. The lowest BCUT2D eigenvalue weighted by atomic mass is 9.94. The van der Waals surface area contributed by atoms with Crippen molar-refractivity contribution in [1.29, 1.82) is 0 Å². The van der Waals surface area contributed by atoms with Gasteiger partial charge in [0.05, 0.1) is 11.4 Å². The number of amides is 1. The Bertz CT molecular complexity index is 769. The van der Waals surface area contributed by atoms with Crippen molar-refractivity contribution in [2.24, 2.45) is 0 Å². The molecule has 140 valence electrons. The second kappa shape index (κ2) is 7.31. The van der Waals surface area contributed by atoms with Crippen LogP contribution in [0.15, 0.2) is 30.3 Å². The van der Waals surface area contributed by atoms with Gasteiger partial charge in [-0.25, -0.2) is 9.48 Å². The number of rotatable bonds is 2. The molecule has 2 heterocycles. The molecule has 1 aromatic heterocycles. The number of piperidine rings is 1. The third kappa shape index (κ3) is 4.39. The lowest BCUT2D eigenvalue weighted by Gasteiger charge is -2.32. The van der Waals surface area contributed by atoms with Gasteiger partial charge in [0.1, 0.15) is 5.60 Å². The normalized spacial score (nSPS) is 16.0. The Morgan fingerprint density at radius 3 is 2.38 bits per heavy atom. The highest BCUT2D eigenvalue weighted by Crippen LogP contribution is 2.29. The molecule has 0 aliphatic carbocycles. The van der Waals surface area contributed by atoms with Crippen LogP contribution in [0.5, 0.6) is 0 Å². The highest BCUT2D eigenvalue weighted by atomic mass is 35.5. The van der Waals surface area contributed by atoms with Crippen LogP contribution < -0.4 is 0 Å². The lowest BCUT2D eigenvalue weighted by Crippen LogP contribution is -2.41. The Morgan fingerprint density at radius 2 is 1.81 bits per heavy atom. The van der Waals surface area contributed by atoms with E-state index < -0.39 is 5.60 Å². The summed E-state index contributed by atoms with van der Waals surface area (Å²) in [6.07, 6.45) is 1.57. The molecule has 0 atom stereocenters. The first-order valence-electron chi connectivity index (χ1n) is 9.03. The van der Waals surface area contributed by atoms with Gasteiger partial charge in [-0.05, 0) is 70.9 Å². The Morgan fingerprint density at radius 1 is 1.19 bits per heavy atom. The molecule has 1 saturated heterocycles. The monoisotopic (exact) mass is 375 g/mol. The summed E-state index contributed by atoms with van der Waals surface area (Å²) >= 11 is 5.97. The fourth-order valence-corrected chi connectivity index (χ4v) is 3.35. The van der Waals surface area contributed by atoms with E-state index in [4.69, 9.17) is 21.4 Å². The maximum atomic E-state index is 12.2. The fourth-order valence-electron chi connectivity index (χ4n) is 3.23. The topological polar surface area (TPSA) is 47.4 Å². The van der Waals surface area contributed by atoms with Crippen molar-refractivity contribution in [2.45, 2.75) is 52.1 Å². The second-order valence-corrected chi connectivity index (χ2v) is 8.28. The largest absolute Gasteiger partial charge is 0.444 e. The van der Waals surface area contributed by atoms with Gasteiger partial charge < -0.3 is 9.64 Å². The van der Waals surface area contributed by atoms with E-state index in [1.165, 1.54) is 0 Å². The number of benzene rings is 1. The molecule has 26 heavy (non-hydrogen) atoms. The zero-order chi connectivity index (χ0) is 18.9. The van der Waals surface area contributed by atoms with Crippen LogP contribution in [0, 0.1) is 6.92 Å². The molecule has 6 heteroatoms. The minimum absolute atomic E-state index is 0.223. The summed E-state index contributed by atoms with van der Waals surface area (Å²) in [6, 6.07) is 9.82. The van der Waals surface area contributed by atoms with Gasteiger partial charge in [0.2, 0.25) is 0 Å². The molecule has 1 aliphatic heterocycles. The molecular weight excluding hydrogens is 350 g/mol. The zero-order valence-electron chi connectivity index (χ0n) is 15.8. The predicted molar refractivity (Wildman–Crippen MR) is 103 cm³/mol. The van der Waals surface area contributed by atoms with Crippen LogP contribution in [-0.4, -0.2) is 39.5 Å². The van der Waals surface area contributed by atoms with E-state index in [0.29, 0.717) is 24.0 Å². The molecule has 0 radical (unpaired) electrons. The molecule has 0 spiro atoms. The maximum absolute atomic E-state index is 12.2. The Balaban J connectivity index is 1.66. The average molecular weight is 376 g/mol. The molecule has 5 nitrogen and oxygen atoms in total. The van der Waals surface area contributed by atoms with Crippen LogP contribution >= 0.6 is 11.6 Å². The first-order chi connectivity index (χ1) is 12.2. The van der Waals surface area contributed by atoms with Crippen molar-refractivity contribution in [3.05, 3.63) is 46.7 Å². The van der Waals surface area contributed by atoms with Crippen molar-refractivity contribution >= 4 is 17.7 Å². The number of ether oxygens (including phenoxy) is 1. The predicted octanol–water partition coefficient (Wildman–Crippen LogP) is 4.95. The first kappa shape index (κ1) is 18.8. The molecule has 3 rings (SSSR count). The quantitative estimate of drug-likeness (QED) is 0.746. The fraction of sp³-hybridized carbons (Fsp3) is 0.500.